The summed E-state index contributed by atoms with van der Waals surface area (Å²) in [6.45, 7) is 3.08. The van der Waals surface area contributed by atoms with Crippen LogP contribution in [-0.4, -0.2) is 55.0 Å². The minimum Gasteiger partial charge on any atom is -0.392 e. The molecule has 3 aliphatic rings. The van der Waals surface area contributed by atoms with Crippen LogP contribution < -0.4 is 0 Å². The summed E-state index contributed by atoms with van der Waals surface area (Å²) in [5.41, 5.74) is -0.556. The molecule has 2 saturated carbocycles. The molecule has 1 N–H and O–H groups in total. The fraction of sp³-hybridized carbons (Fsp3) is 1.00. The van der Waals surface area contributed by atoms with Gasteiger partial charge in [-0.2, -0.15) is 0 Å². The van der Waals surface area contributed by atoms with Crippen molar-refractivity contribution < 1.29 is 18.3 Å². The number of sulfonamides is 1. The molecule has 1 spiro atoms. The normalized spacial score (nSPS) is 39.2. The van der Waals surface area contributed by atoms with Gasteiger partial charge in [-0.1, -0.05) is 0 Å². The number of hydrogen-bond acceptors (Lipinski definition) is 4. The van der Waals surface area contributed by atoms with Crippen molar-refractivity contribution in [2.45, 2.75) is 56.0 Å². The molecule has 0 bridgehead atoms. The number of piperidine rings is 1. The maximum atomic E-state index is 12.2. The van der Waals surface area contributed by atoms with Gasteiger partial charge in [-0.3, -0.25) is 0 Å². The smallest absolute Gasteiger partial charge is 0.216 e. The second kappa shape index (κ2) is 4.16. The summed E-state index contributed by atoms with van der Waals surface area (Å²) < 4.78 is 31.6. The SMILES string of the molecule is CO[C@@]1(C)C[C@@H](O)C12CCN(S(=O)(=O)C1CC1)CC2. The van der Waals surface area contributed by atoms with E-state index in [4.69, 9.17) is 4.74 Å². The van der Waals surface area contributed by atoms with E-state index in [0.717, 1.165) is 12.8 Å². The van der Waals surface area contributed by atoms with E-state index in [9.17, 15) is 13.5 Å². The van der Waals surface area contributed by atoms with Crippen molar-refractivity contribution in [3.8, 4) is 0 Å². The Labute approximate surface area is 115 Å². The van der Waals surface area contributed by atoms with Crippen molar-refractivity contribution >= 4 is 10.0 Å². The maximum Gasteiger partial charge on any atom is 0.216 e. The van der Waals surface area contributed by atoms with Crippen LogP contribution in [0.5, 0.6) is 0 Å². The lowest BCUT2D eigenvalue weighted by atomic mass is 9.51. The third-order valence-electron chi connectivity index (χ3n) is 5.64. The number of hydrogen-bond donors (Lipinski definition) is 1. The maximum absolute atomic E-state index is 12.2. The molecule has 0 unspecified atom stereocenters. The van der Waals surface area contributed by atoms with Crippen molar-refractivity contribution in [3.05, 3.63) is 0 Å². The molecule has 3 rings (SSSR count). The van der Waals surface area contributed by atoms with Gasteiger partial charge < -0.3 is 9.84 Å². The molecule has 2 atom stereocenters. The van der Waals surface area contributed by atoms with Crippen molar-refractivity contribution in [1.29, 1.82) is 0 Å². The zero-order valence-corrected chi connectivity index (χ0v) is 12.4. The largest absolute Gasteiger partial charge is 0.392 e. The van der Waals surface area contributed by atoms with Crippen LogP contribution in [0.1, 0.15) is 39.0 Å². The van der Waals surface area contributed by atoms with Gasteiger partial charge >= 0.3 is 0 Å². The van der Waals surface area contributed by atoms with Gasteiger partial charge in [0.05, 0.1) is 17.0 Å². The van der Waals surface area contributed by atoms with Gasteiger partial charge in [0.15, 0.2) is 0 Å². The predicted molar refractivity (Wildman–Crippen MR) is 71.2 cm³/mol. The minimum absolute atomic E-state index is 0.137. The van der Waals surface area contributed by atoms with E-state index in [0.29, 0.717) is 32.4 Å². The van der Waals surface area contributed by atoms with Gasteiger partial charge in [-0.25, -0.2) is 12.7 Å². The van der Waals surface area contributed by atoms with Crippen LogP contribution in [0, 0.1) is 5.41 Å². The second-order valence-corrected chi connectivity index (χ2v) is 8.67. The van der Waals surface area contributed by atoms with Crippen molar-refractivity contribution in [2.24, 2.45) is 5.41 Å². The minimum atomic E-state index is -3.07. The van der Waals surface area contributed by atoms with Gasteiger partial charge in [0.1, 0.15) is 0 Å². The highest BCUT2D eigenvalue weighted by atomic mass is 32.2. The Morgan fingerprint density at radius 2 is 1.84 bits per heavy atom. The summed E-state index contributed by atoms with van der Waals surface area (Å²) in [4.78, 5) is 0. The summed E-state index contributed by atoms with van der Waals surface area (Å²) in [6.07, 6.45) is 3.31. The summed E-state index contributed by atoms with van der Waals surface area (Å²) in [5, 5.41) is 10.0. The van der Waals surface area contributed by atoms with Gasteiger partial charge in [0.2, 0.25) is 10.0 Å². The molecule has 1 saturated heterocycles. The van der Waals surface area contributed by atoms with E-state index < -0.39 is 10.0 Å². The second-order valence-electron chi connectivity index (χ2n) is 6.45. The summed E-state index contributed by atoms with van der Waals surface area (Å²) in [7, 11) is -1.39. The Bertz CT molecular complexity index is 465. The van der Waals surface area contributed by atoms with Gasteiger partial charge in [-0.05, 0) is 32.6 Å². The molecule has 0 radical (unpaired) electrons. The molecule has 0 amide bonds. The lowest BCUT2D eigenvalue weighted by Crippen LogP contribution is -2.69. The molecule has 3 fully saturated rings. The highest BCUT2D eigenvalue weighted by Gasteiger charge is 2.64. The monoisotopic (exact) mass is 289 g/mol. The number of aliphatic hydroxyl groups is 1. The highest BCUT2D eigenvalue weighted by Crippen LogP contribution is 2.58. The zero-order valence-electron chi connectivity index (χ0n) is 11.6. The molecule has 5 nitrogen and oxygen atoms in total. The van der Waals surface area contributed by atoms with Crippen LogP contribution in [0.3, 0.4) is 0 Å². The topological polar surface area (TPSA) is 66.8 Å². The average molecular weight is 289 g/mol. The average Bonchev–Trinajstić information content (AvgIpc) is 3.23. The van der Waals surface area contributed by atoms with Crippen LogP contribution in [0.4, 0.5) is 0 Å². The van der Waals surface area contributed by atoms with E-state index in [1.807, 2.05) is 6.92 Å². The summed E-state index contributed by atoms with van der Waals surface area (Å²) in [5.74, 6) is 0. The molecule has 2 aliphatic carbocycles. The lowest BCUT2D eigenvalue weighted by molar-refractivity contribution is -0.258. The number of aliphatic hydroxyl groups excluding tert-OH is 1. The Balaban J connectivity index is 1.72. The van der Waals surface area contributed by atoms with Gasteiger partial charge in [-0.15, -0.1) is 0 Å². The first-order chi connectivity index (χ1) is 8.86. The fourth-order valence-corrected chi connectivity index (χ4v) is 5.70. The molecule has 1 heterocycles. The molecule has 19 heavy (non-hydrogen) atoms. The first-order valence-corrected chi connectivity index (χ1v) is 8.58. The molecule has 0 aromatic heterocycles. The highest BCUT2D eigenvalue weighted by molar-refractivity contribution is 7.90. The van der Waals surface area contributed by atoms with Crippen LogP contribution in [0.2, 0.25) is 0 Å². The van der Waals surface area contributed by atoms with Gasteiger partial charge in [0, 0.05) is 32.0 Å². The molecule has 0 aromatic carbocycles. The van der Waals surface area contributed by atoms with Crippen molar-refractivity contribution in [3.63, 3.8) is 0 Å². The third kappa shape index (κ3) is 1.80. The third-order valence-corrected chi connectivity index (χ3v) is 8.04. The van der Waals surface area contributed by atoms with Crippen LogP contribution in [-0.2, 0) is 14.8 Å². The van der Waals surface area contributed by atoms with Crippen molar-refractivity contribution in [2.75, 3.05) is 20.2 Å². The van der Waals surface area contributed by atoms with Crippen molar-refractivity contribution in [1.82, 2.24) is 4.31 Å². The number of rotatable bonds is 3. The van der Waals surface area contributed by atoms with E-state index in [1.54, 1.807) is 11.4 Å². The van der Waals surface area contributed by atoms with Gasteiger partial charge in [0.25, 0.3) is 0 Å². The Kier molecular flexibility index (Phi) is 3.02. The van der Waals surface area contributed by atoms with Crippen LogP contribution in [0.15, 0.2) is 0 Å². The first kappa shape index (κ1) is 13.8. The summed E-state index contributed by atoms with van der Waals surface area (Å²) in [6, 6.07) is 0. The Morgan fingerprint density at radius 1 is 1.26 bits per heavy atom. The lowest BCUT2D eigenvalue weighted by Gasteiger charge is -2.62. The first-order valence-electron chi connectivity index (χ1n) is 7.08. The summed E-state index contributed by atoms with van der Waals surface area (Å²) >= 11 is 0. The number of ether oxygens (including phenoxy) is 1. The molecular formula is C13H23NO4S. The molecule has 110 valence electrons. The predicted octanol–water partition coefficient (Wildman–Crippen LogP) is 0.730. The molecule has 6 heteroatoms. The molecule has 0 aromatic rings. The Hall–Kier alpha value is -0.170. The standard InChI is InChI=1S/C13H23NO4S/c1-12(18-2)9-11(15)13(12)5-7-14(8-6-13)19(16,17)10-3-4-10/h10-11,15H,3-9H2,1-2H3/t11-,12+/m1/s1. The van der Waals surface area contributed by atoms with Crippen LogP contribution in [0.25, 0.3) is 0 Å². The number of nitrogens with zero attached hydrogens (tertiary/aromatic N) is 1. The quantitative estimate of drug-likeness (QED) is 0.832. The molecular weight excluding hydrogens is 266 g/mol. The van der Waals surface area contributed by atoms with Crippen LogP contribution >= 0.6 is 0 Å². The van der Waals surface area contributed by atoms with E-state index in [2.05, 4.69) is 0 Å². The zero-order chi connectivity index (χ0) is 13.9. The number of methoxy groups -OCH3 is 1. The van der Waals surface area contributed by atoms with E-state index >= 15 is 0 Å². The fourth-order valence-electron chi connectivity index (χ4n) is 3.85. The van der Waals surface area contributed by atoms with E-state index in [-0.39, 0.29) is 22.4 Å². The molecule has 1 aliphatic heterocycles. The van der Waals surface area contributed by atoms with E-state index in [1.165, 1.54) is 0 Å². The Morgan fingerprint density at radius 3 is 2.26 bits per heavy atom.